The third-order valence-corrected chi connectivity index (χ3v) is 3.64. The Morgan fingerprint density at radius 1 is 1.32 bits per heavy atom. The number of carbonyl (C=O) groups excluding carboxylic acids is 1. The molecule has 0 atom stereocenters. The van der Waals surface area contributed by atoms with Crippen molar-refractivity contribution in [3.8, 4) is 5.75 Å². The zero-order chi connectivity index (χ0) is 13.8. The molecule has 0 bridgehead atoms. The second-order valence-corrected chi connectivity index (χ2v) is 4.87. The Balaban J connectivity index is 2.16. The first-order valence-electron chi connectivity index (χ1n) is 5.74. The number of hydrogen-bond donors (Lipinski definition) is 2. The number of aryl methyl sites for hydroxylation is 1. The summed E-state index contributed by atoms with van der Waals surface area (Å²) in [6.07, 6.45) is 0. The third-order valence-electron chi connectivity index (χ3n) is 2.57. The van der Waals surface area contributed by atoms with Gasteiger partial charge in [0.25, 0.3) is 5.91 Å². The number of hydrogen-bond acceptors (Lipinski definition) is 5. The van der Waals surface area contributed by atoms with Gasteiger partial charge in [0.1, 0.15) is 10.6 Å². The van der Waals surface area contributed by atoms with Crippen LogP contribution >= 0.6 is 11.3 Å². The van der Waals surface area contributed by atoms with Crippen molar-refractivity contribution in [2.45, 2.75) is 6.92 Å². The number of thiazole rings is 1. The molecule has 2 N–H and O–H groups in total. The van der Waals surface area contributed by atoms with Crippen LogP contribution in [0.3, 0.4) is 0 Å². The zero-order valence-electron chi connectivity index (χ0n) is 11.0. The highest BCUT2D eigenvalue weighted by molar-refractivity contribution is 7.17. The predicted octanol–water partition coefficient (Wildman–Crippen LogP) is 2.56. The molecule has 1 amide bonds. The van der Waals surface area contributed by atoms with Gasteiger partial charge in [-0.15, -0.1) is 0 Å². The molecule has 0 spiro atoms. The summed E-state index contributed by atoms with van der Waals surface area (Å²) in [5, 5.41) is 6.46. The van der Waals surface area contributed by atoms with Crippen LogP contribution in [0.5, 0.6) is 5.75 Å². The molecule has 2 aromatic rings. The van der Waals surface area contributed by atoms with E-state index in [-0.39, 0.29) is 5.91 Å². The molecule has 6 heteroatoms. The van der Waals surface area contributed by atoms with E-state index in [9.17, 15) is 4.79 Å². The minimum absolute atomic E-state index is 0.113. The molecule has 1 aromatic carbocycles. The lowest BCUT2D eigenvalue weighted by atomic mass is 10.3. The minimum Gasteiger partial charge on any atom is -0.497 e. The van der Waals surface area contributed by atoms with Gasteiger partial charge in [0, 0.05) is 12.7 Å². The summed E-state index contributed by atoms with van der Waals surface area (Å²) in [7, 11) is 3.24. The molecule has 0 aliphatic heterocycles. The topological polar surface area (TPSA) is 63.2 Å². The average Bonchev–Trinajstić information content (AvgIpc) is 2.79. The first-order chi connectivity index (χ1) is 9.13. The lowest BCUT2D eigenvalue weighted by Gasteiger charge is -2.03. The Hall–Kier alpha value is -2.08. The first kappa shape index (κ1) is 13.4. The van der Waals surface area contributed by atoms with Gasteiger partial charge in [-0.25, -0.2) is 4.98 Å². The Morgan fingerprint density at radius 2 is 2.00 bits per heavy atom. The third kappa shape index (κ3) is 3.03. The normalized spacial score (nSPS) is 10.1. The number of carbonyl (C=O) groups is 1. The van der Waals surface area contributed by atoms with Crippen LogP contribution in [0.15, 0.2) is 24.3 Å². The van der Waals surface area contributed by atoms with Crippen LogP contribution in [-0.4, -0.2) is 25.0 Å². The molecule has 5 nitrogen and oxygen atoms in total. The maximum absolute atomic E-state index is 11.6. The fourth-order valence-electron chi connectivity index (χ4n) is 1.57. The van der Waals surface area contributed by atoms with E-state index < -0.39 is 0 Å². The Labute approximate surface area is 115 Å². The molecule has 1 heterocycles. The van der Waals surface area contributed by atoms with E-state index in [1.165, 1.54) is 11.3 Å². The molecule has 0 aliphatic carbocycles. The van der Waals surface area contributed by atoms with Crippen molar-refractivity contribution >= 4 is 28.1 Å². The fraction of sp³-hybridized carbons (Fsp3) is 0.231. The molecule has 0 radical (unpaired) electrons. The number of nitrogens with one attached hydrogen (secondary N) is 2. The van der Waals surface area contributed by atoms with Gasteiger partial charge in [-0.3, -0.25) is 4.79 Å². The van der Waals surface area contributed by atoms with E-state index in [1.807, 2.05) is 31.2 Å². The number of rotatable bonds is 4. The highest BCUT2D eigenvalue weighted by Gasteiger charge is 2.13. The quantitative estimate of drug-likeness (QED) is 0.901. The van der Waals surface area contributed by atoms with Gasteiger partial charge >= 0.3 is 0 Å². The maximum Gasteiger partial charge on any atom is 0.263 e. The van der Waals surface area contributed by atoms with Crippen molar-refractivity contribution in [2.75, 3.05) is 19.5 Å². The summed E-state index contributed by atoms with van der Waals surface area (Å²) >= 11 is 1.33. The zero-order valence-corrected chi connectivity index (χ0v) is 11.8. The van der Waals surface area contributed by atoms with Crippen molar-refractivity contribution < 1.29 is 9.53 Å². The molecule has 0 aliphatic rings. The van der Waals surface area contributed by atoms with Crippen molar-refractivity contribution in [2.24, 2.45) is 0 Å². The molecular formula is C13H15N3O2S. The SMILES string of the molecule is CNC(=O)c1sc(Nc2ccc(OC)cc2)nc1C. The molecule has 0 saturated carbocycles. The molecule has 100 valence electrons. The van der Waals surface area contributed by atoms with Crippen LogP contribution in [0, 0.1) is 6.92 Å². The van der Waals surface area contributed by atoms with Gasteiger partial charge in [0.05, 0.1) is 12.8 Å². The number of aromatic nitrogens is 1. The van der Waals surface area contributed by atoms with E-state index in [0.717, 1.165) is 17.1 Å². The molecule has 0 saturated heterocycles. The number of anilines is 2. The summed E-state index contributed by atoms with van der Waals surface area (Å²) < 4.78 is 5.09. The molecule has 0 unspecified atom stereocenters. The van der Waals surface area contributed by atoms with Gasteiger partial charge in [-0.05, 0) is 31.2 Å². The molecule has 1 aromatic heterocycles. The van der Waals surface area contributed by atoms with Gasteiger partial charge in [-0.1, -0.05) is 11.3 Å². The van der Waals surface area contributed by atoms with E-state index >= 15 is 0 Å². The first-order valence-corrected chi connectivity index (χ1v) is 6.56. The van der Waals surface area contributed by atoms with E-state index in [2.05, 4.69) is 15.6 Å². The van der Waals surface area contributed by atoms with Crippen LogP contribution in [0.25, 0.3) is 0 Å². The smallest absolute Gasteiger partial charge is 0.263 e. The van der Waals surface area contributed by atoms with Gasteiger partial charge in [-0.2, -0.15) is 0 Å². The minimum atomic E-state index is -0.113. The van der Waals surface area contributed by atoms with Gasteiger partial charge in [0.2, 0.25) is 0 Å². The molecule has 2 rings (SSSR count). The average molecular weight is 277 g/mol. The van der Waals surface area contributed by atoms with Crippen LogP contribution in [-0.2, 0) is 0 Å². The summed E-state index contributed by atoms with van der Waals surface area (Å²) in [6, 6.07) is 7.52. The lowest BCUT2D eigenvalue weighted by molar-refractivity contribution is 0.0966. The Kier molecular flexibility index (Phi) is 4.01. The number of benzene rings is 1. The van der Waals surface area contributed by atoms with Crippen molar-refractivity contribution in [3.63, 3.8) is 0 Å². The maximum atomic E-state index is 11.6. The van der Waals surface area contributed by atoms with E-state index in [0.29, 0.717) is 10.0 Å². The number of nitrogens with zero attached hydrogens (tertiary/aromatic N) is 1. The van der Waals surface area contributed by atoms with Crippen LogP contribution in [0.2, 0.25) is 0 Å². The summed E-state index contributed by atoms with van der Waals surface area (Å²) in [5.74, 6) is 0.685. The van der Waals surface area contributed by atoms with E-state index in [1.54, 1.807) is 14.2 Å². The van der Waals surface area contributed by atoms with Crippen LogP contribution in [0.1, 0.15) is 15.4 Å². The largest absolute Gasteiger partial charge is 0.497 e. The molecule has 19 heavy (non-hydrogen) atoms. The Bertz CT molecular complexity index is 578. The second kappa shape index (κ2) is 5.71. The van der Waals surface area contributed by atoms with Crippen molar-refractivity contribution in [3.05, 3.63) is 34.8 Å². The molecular weight excluding hydrogens is 262 g/mol. The summed E-state index contributed by atoms with van der Waals surface area (Å²) in [4.78, 5) is 16.6. The highest BCUT2D eigenvalue weighted by Crippen LogP contribution is 2.26. The summed E-state index contributed by atoms with van der Waals surface area (Å²) in [5.41, 5.74) is 1.62. The number of methoxy groups -OCH3 is 1. The van der Waals surface area contributed by atoms with Crippen LogP contribution < -0.4 is 15.4 Å². The second-order valence-electron chi connectivity index (χ2n) is 3.87. The fourth-order valence-corrected chi connectivity index (χ4v) is 2.50. The standard InChI is InChI=1S/C13H15N3O2S/c1-8-11(12(17)14-2)19-13(15-8)16-9-4-6-10(18-3)7-5-9/h4-7H,1-3H3,(H,14,17)(H,15,16). The number of amides is 1. The summed E-state index contributed by atoms with van der Waals surface area (Å²) in [6.45, 7) is 1.82. The predicted molar refractivity (Wildman–Crippen MR) is 76.5 cm³/mol. The van der Waals surface area contributed by atoms with E-state index in [4.69, 9.17) is 4.74 Å². The van der Waals surface area contributed by atoms with Crippen molar-refractivity contribution in [1.29, 1.82) is 0 Å². The number of ether oxygens (including phenoxy) is 1. The lowest BCUT2D eigenvalue weighted by Crippen LogP contribution is -2.17. The van der Waals surface area contributed by atoms with Crippen LogP contribution in [0.4, 0.5) is 10.8 Å². The molecule has 0 fully saturated rings. The Morgan fingerprint density at radius 3 is 2.58 bits per heavy atom. The van der Waals surface area contributed by atoms with Gasteiger partial charge in [0.15, 0.2) is 5.13 Å². The monoisotopic (exact) mass is 277 g/mol. The highest BCUT2D eigenvalue weighted by atomic mass is 32.1. The van der Waals surface area contributed by atoms with Gasteiger partial charge < -0.3 is 15.4 Å². The van der Waals surface area contributed by atoms with Crippen molar-refractivity contribution in [1.82, 2.24) is 10.3 Å².